The molecule has 0 aliphatic heterocycles. The molecule has 2 heterocycles. The highest BCUT2D eigenvalue weighted by Crippen LogP contribution is 2.35. The van der Waals surface area contributed by atoms with E-state index in [1.54, 1.807) is 18.0 Å². The highest BCUT2D eigenvalue weighted by Gasteiger charge is 2.20. The minimum Gasteiger partial charge on any atom is -0.493 e. The molecule has 0 aliphatic rings. The summed E-state index contributed by atoms with van der Waals surface area (Å²) in [4.78, 5) is 0. The van der Waals surface area contributed by atoms with Crippen molar-refractivity contribution in [3.05, 3.63) is 54.7 Å². The van der Waals surface area contributed by atoms with Gasteiger partial charge in [-0.2, -0.15) is 5.10 Å². The van der Waals surface area contributed by atoms with E-state index in [1.165, 1.54) is 0 Å². The molecule has 4 rings (SSSR count). The Hall–Kier alpha value is -3.81. The van der Waals surface area contributed by atoms with Crippen LogP contribution in [0.3, 0.4) is 0 Å². The summed E-state index contributed by atoms with van der Waals surface area (Å²) in [6.45, 7) is 5.07. The van der Waals surface area contributed by atoms with Gasteiger partial charge in [-0.25, -0.2) is 4.68 Å². The predicted molar refractivity (Wildman–Crippen MR) is 116 cm³/mol. The number of hydrogen-bond donors (Lipinski definition) is 0. The summed E-state index contributed by atoms with van der Waals surface area (Å²) in [5.41, 5.74) is 2.11. The second-order valence-corrected chi connectivity index (χ2v) is 6.68. The van der Waals surface area contributed by atoms with Crippen LogP contribution in [0.15, 0.2) is 59.1 Å². The molecular formula is C23H24N4O4. The number of nitrogens with zero attached hydrogens (tertiary/aromatic N) is 4. The van der Waals surface area contributed by atoms with Gasteiger partial charge in [-0.05, 0) is 43.7 Å². The summed E-state index contributed by atoms with van der Waals surface area (Å²) >= 11 is 0. The van der Waals surface area contributed by atoms with Gasteiger partial charge in [0.1, 0.15) is 0 Å². The molecule has 8 heteroatoms. The zero-order valence-corrected chi connectivity index (χ0v) is 17.7. The molecule has 0 N–H and O–H groups in total. The van der Waals surface area contributed by atoms with Crippen LogP contribution in [0.5, 0.6) is 17.2 Å². The molecule has 0 aliphatic carbocycles. The Morgan fingerprint density at radius 3 is 2.45 bits per heavy atom. The molecule has 0 saturated heterocycles. The van der Waals surface area contributed by atoms with Gasteiger partial charge < -0.3 is 18.6 Å². The van der Waals surface area contributed by atoms with Crippen LogP contribution < -0.4 is 14.2 Å². The second kappa shape index (κ2) is 9.34. The molecule has 2 aromatic heterocycles. The fourth-order valence-electron chi connectivity index (χ4n) is 3.05. The molecule has 31 heavy (non-hydrogen) atoms. The molecular weight excluding hydrogens is 396 g/mol. The van der Waals surface area contributed by atoms with Gasteiger partial charge in [0, 0.05) is 5.56 Å². The number of ether oxygens (including phenoxy) is 3. The largest absolute Gasteiger partial charge is 0.493 e. The Labute approximate surface area is 180 Å². The Bertz CT molecular complexity index is 1140. The average Bonchev–Trinajstić information content (AvgIpc) is 3.46. The summed E-state index contributed by atoms with van der Waals surface area (Å²) < 4.78 is 24.6. The molecule has 0 fully saturated rings. The molecule has 4 aromatic rings. The van der Waals surface area contributed by atoms with Gasteiger partial charge in [0.05, 0.1) is 32.2 Å². The number of hydrogen-bond acceptors (Lipinski definition) is 7. The summed E-state index contributed by atoms with van der Waals surface area (Å²) in [6.07, 6.45) is 2.72. The third-order valence-electron chi connectivity index (χ3n) is 4.50. The first kappa shape index (κ1) is 20.5. The number of methoxy groups -OCH3 is 1. The number of benzene rings is 2. The van der Waals surface area contributed by atoms with E-state index in [0.29, 0.717) is 42.0 Å². The maximum atomic E-state index is 5.94. The quantitative estimate of drug-likeness (QED) is 0.385. The van der Waals surface area contributed by atoms with Crippen molar-refractivity contribution in [3.63, 3.8) is 0 Å². The molecule has 8 nitrogen and oxygen atoms in total. The third-order valence-corrected chi connectivity index (χ3v) is 4.50. The van der Waals surface area contributed by atoms with E-state index in [0.717, 1.165) is 17.7 Å². The van der Waals surface area contributed by atoms with Crippen LogP contribution in [0.25, 0.3) is 28.7 Å². The van der Waals surface area contributed by atoms with E-state index in [4.69, 9.17) is 18.6 Å². The van der Waals surface area contributed by atoms with Crippen LogP contribution in [0.1, 0.15) is 20.3 Å². The van der Waals surface area contributed by atoms with Crippen LogP contribution in [-0.4, -0.2) is 40.3 Å². The fraction of sp³-hybridized carbons (Fsp3) is 0.261. The van der Waals surface area contributed by atoms with Crippen LogP contribution in [0, 0.1) is 0 Å². The molecule has 0 atom stereocenters. The van der Waals surface area contributed by atoms with Gasteiger partial charge in [0.25, 0.3) is 5.89 Å². The molecule has 0 radical (unpaired) electrons. The Morgan fingerprint density at radius 1 is 0.903 bits per heavy atom. The standard InChI is InChI=1S/C23H24N4O4/c1-4-13-30-18-12-11-16(14-19(18)28-3)22-24-25-23(31-22)21-20(29-5-2)15-27(26-21)17-9-7-6-8-10-17/h6-12,14-15H,4-5,13H2,1-3H3. The lowest BCUT2D eigenvalue weighted by Gasteiger charge is -2.10. The minimum absolute atomic E-state index is 0.276. The summed E-state index contributed by atoms with van der Waals surface area (Å²) in [7, 11) is 1.60. The van der Waals surface area contributed by atoms with Gasteiger partial charge in [-0.1, -0.05) is 25.1 Å². The topological polar surface area (TPSA) is 84.4 Å². The Morgan fingerprint density at radius 2 is 1.71 bits per heavy atom. The van der Waals surface area contributed by atoms with Crippen molar-refractivity contribution in [2.45, 2.75) is 20.3 Å². The first-order chi connectivity index (χ1) is 15.2. The number of para-hydroxylation sites is 1. The van der Waals surface area contributed by atoms with E-state index < -0.39 is 0 Å². The van der Waals surface area contributed by atoms with Gasteiger partial charge >= 0.3 is 0 Å². The highest BCUT2D eigenvalue weighted by atomic mass is 16.5. The molecule has 160 valence electrons. The van der Waals surface area contributed by atoms with Crippen molar-refractivity contribution in [2.24, 2.45) is 0 Å². The van der Waals surface area contributed by atoms with Gasteiger partial charge in [-0.3, -0.25) is 0 Å². The lowest BCUT2D eigenvalue weighted by atomic mass is 10.2. The second-order valence-electron chi connectivity index (χ2n) is 6.68. The zero-order chi connectivity index (χ0) is 21.6. The van der Waals surface area contributed by atoms with Crippen molar-refractivity contribution in [2.75, 3.05) is 20.3 Å². The molecule has 0 saturated carbocycles. The fourth-order valence-corrected chi connectivity index (χ4v) is 3.05. The monoisotopic (exact) mass is 420 g/mol. The summed E-state index contributed by atoms with van der Waals surface area (Å²) in [5, 5.41) is 13.0. The Balaban J connectivity index is 1.66. The first-order valence-corrected chi connectivity index (χ1v) is 10.2. The van der Waals surface area contributed by atoms with Gasteiger partial charge in [0.15, 0.2) is 22.9 Å². The molecule has 0 amide bonds. The maximum Gasteiger partial charge on any atom is 0.272 e. The normalized spacial score (nSPS) is 10.8. The molecule has 0 unspecified atom stereocenters. The maximum absolute atomic E-state index is 5.94. The van der Waals surface area contributed by atoms with Crippen molar-refractivity contribution < 1.29 is 18.6 Å². The van der Waals surface area contributed by atoms with Crippen LogP contribution in [-0.2, 0) is 0 Å². The molecule has 2 aromatic carbocycles. The van der Waals surface area contributed by atoms with Crippen LogP contribution in [0.4, 0.5) is 0 Å². The molecule has 0 spiro atoms. The van der Waals surface area contributed by atoms with Crippen molar-refractivity contribution in [1.29, 1.82) is 0 Å². The van der Waals surface area contributed by atoms with Gasteiger partial charge in [-0.15, -0.1) is 10.2 Å². The summed E-state index contributed by atoms with van der Waals surface area (Å²) in [5.74, 6) is 2.48. The summed E-state index contributed by atoms with van der Waals surface area (Å²) in [6, 6.07) is 15.3. The van der Waals surface area contributed by atoms with Gasteiger partial charge in [0.2, 0.25) is 5.89 Å². The van der Waals surface area contributed by atoms with E-state index >= 15 is 0 Å². The number of rotatable bonds is 9. The van der Waals surface area contributed by atoms with Crippen LogP contribution in [0.2, 0.25) is 0 Å². The first-order valence-electron chi connectivity index (χ1n) is 10.2. The van der Waals surface area contributed by atoms with Crippen molar-refractivity contribution >= 4 is 0 Å². The molecule has 0 bridgehead atoms. The average molecular weight is 420 g/mol. The smallest absolute Gasteiger partial charge is 0.272 e. The lowest BCUT2D eigenvalue weighted by Crippen LogP contribution is -1.97. The van der Waals surface area contributed by atoms with Crippen molar-refractivity contribution in [3.8, 4) is 46.0 Å². The number of aromatic nitrogens is 4. The van der Waals surface area contributed by atoms with Crippen molar-refractivity contribution in [1.82, 2.24) is 20.0 Å². The Kier molecular flexibility index (Phi) is 6.16. The van der Waals surface area contributed by atoms with Crippen LogP contribution >= 0.6 is 0 Å². The van der Waals surface area contributed by atoms with E-state index in [1.807, 2.05) is 55.5 Å². The van der Waals surface area contributed by atoms with E-state index in [2.05, 4.69) is 22.2 Å². The SMILES string of the molecule is CCCOc1ccc(-c2nnc(-c3nn(-c4ccccc4)cc3OCC)o2)cc1OC. The third kappa shape index (κ3) is 4.37. The predicted octanol–water partition coefficient (Wildman–Crippen LogP) is 4.79. The lowest BCUT2D eigenvalue weighted by molar-refractivity contribution is 0.294. The highest BCUT2D eigenvalue weighted by molar-refractivity contribution is 5.63. The minimum atomic E-state index is 0.276. The van der Waals surface area contributed by atoms with E-state index in [9.17, 15) is 0 Å². The zero-order valence-electron chi connectivity index (χ0n) is 17.7. The van der Waals surface area contributed by atoms with E-state index in [-0.39, 0.29) is 5.89 Å².